The predicted octanol–water partition coefficient (Wildman–Crippen LogP) is 3.88. The van der Waals surface area contributed by atoms with Crippen molar-refractivity contribution in [3.05, 3.63) is 35.4 Å². The lowest BCUT2D eigenvalue weighted by atomic mass is 9.97. The van der Waals surface area contributed by atoms with Gasteiger partial charge in [0.2, 0.25) is 5.91 Å². The summed E-state index contributed by atoms with van der Waals surface area (Å²) >= 11 is 0. The van der Waals surface area contributed by atoms with Crippen molar-refractivity contribution in [1.29, 1.82) is 0 Å². The number of benzene rings is 1. The van der Waals surface area contributed by atoms with Gasteiger partial charge >= 0.3 is 5.97 Å². The first kappa shape index (κ1) is 18.5. The predicted molar refractivity (Wildman–Crippen MR) is 94.6 cm³/mol. The smallest absolute Gasteiger partial charge is 0.303 e. The van der Waals surface area contributed by atoms with Crippen LogP contribution in [-0.4, -0.2) is 28.4 Å². The average Bonchev–Trinajstić information content (AvgIpc) is 3.25. The highest BCUT2D eigenvalue weighted by atomic mass is 16.4. The number of nitrogens with zero attached hydrogens (tertiary/aromatic N) is 1. The number of rotatable bonds is 9. The first-order chi connectivity index (χ1) is 11.3. The summed E-state index contributed by atoms with van der Waals surface area (Å²) in [5, 5.41) is 9.05. The van der Waals surface area contributed by atoms with E-state index in [9.17, 15) is 9.59 Å². The molecular formula is C20H29NO3. The molecule has 1 aromatic carbocycles. The number of hydrogen-bond donors (Lipinski definition) is 1. The van der Waals surface area contributed by atoms with Gasteiger partial charge in [-0.05, 0) is 41.7 Å². The highest BCUT2D eigenvalue weighted by Crippen LogP contribution is 2.52. The molecule has 0 aliphatic heterocycles. The fourth-order valence-electron chi connectivity index (χ4n) is 3.14. The third-order valence-corrected chi connectivity index (χ3v) is 4.75. The fraction of sp³-hybridized carbons (Fsp3) is 0.600. The minimum Gasteiger partial charge on any atom is -0.481 e. The highest BCUT2D eigenvalue weighted by molar-refractivity contribution is 5.79. The minimum atomic E-state index is -0.800. The van der Waals surface area contributed by atoms with Gasteiger partial charge in [0.15, 0.2) is 0 Å². The van der Waals surface area contributed by atoms with Crippen LogP contribution in [0.2, 0.25) is 0 Å². The lowest BCUT2D eigenvalue weighted by Crippen LogP contribution is -2.35. The summed E-state index contributed by atoms with van der Waals surface area (Å²) in [5.41, 5.74) is 2.13. The molecule has 24 heavy (non-hydrogen) atoms. The second-order valence-electron chi connectivity index (χ2n) is 7.59. The van der Waals surface area contributed by atoms with Crippen LogP contribution in [0.15, 0.2) is 24.3 Å². The van der Waals surface area contributed by atoms with Crippen molar-refractivity contribution in [2.75, 3.05) is 6.54 Å². The first-order valence-corrected chi connectivity index (χ1v) is 8.91. The van der Waals surface area contributed by atoms with E-state index in [0.717, 1.165) is 24.8 Å². The van der Waals surface area contributed by atoms with Crippen molar-refractivity contribution in [2.24, 2.45) is 11.3 Å². The summed E-state index contributed by atoms with van der Waals surface area (Å²) in [6.45, 7) is 7.64. The van der Waals surface area contributed by atoms with Gasteiger partial charge in [-0.2, -0.15) is 0 Å². The molecule has 1 aliphatic rings. The number of carbonyl (C=O) groups excluding carboxylic acids is 1. The number of aliphatic carboxylic acids is 1. The van der Waals surface area contributed by atoms with E-state index >= 15 is 0 Å². The van der Waals surface area contributed by atoms with Crippen molar-refractivity contribution in [1.82, 2.24) is 4.90 Å². The van der Waals surface area contributed by atoms with Crippen molar-refractivity contribution >= 4 is 11.9 Å². The third-order valence-electron chi connectivity index (χ3n) is 4.75. The van der Waals surface area contributed by atoms with E-state index in [4.69, 9.17) is 5.11 Å². The second kappa shape index (κ2) is 7.82. The zero-order chi connectivity index (χ0) is 17.7. The van der Waals surface area contributed by atoms with Crippen molar-refractivity contribution < 1.29 is 14.7 Å². The third kappa shape index (κ3) is 5.36. The zero-order valence-electron chi connectivity index (χ0n) is 15.0. The van der Waals surface area contributed by atoms with Crippen LogP contribution in [0.3, 0.4) is 0 Å². The highest BCUT2D eigenvalue weighted by Gasteiger charge is 2.46. The first-order valence-electron chi connectivity index (χ1n) is 8.91. The summed E-state index contributed by atoms with van der Waals surface area (Å²) in [4.78, 5) is 25.7. The second-order valence-corrected chi connectivity index (χ2v) is 7.59. The van der Waals surface area contributed by atoms with Gasteiger partial charge < -0.3 is 10.0 Å². The molecule has 1 N–H and O–H groups in total. The van der Waals surface area contributed by atoms with E-state index in [1.165, 1.54) is 5.56 Å². The molecule has 1 amide bonds. The zero-order valence-corrected chi connectivity index (χ0v) is 15.0. The molecule has 2 rings (SSSR count). The molecule has 0 unspecified atom stereocenters. The van der Waals surface area contributed by atoms with E-state index in [1.807, 2.05) is 4.90 Å². The van der Waals surface area contributed by atoms with Gasteiger partial charge in [0.05, 0.1) is 6.42 Å². The van der Waals surface area contributed by atoms with Crippen LogP contribution < -0.4 is 0 Å². The lowest BCUT2D eigenvalue weighted by molar-refractivity contribution is -0.139. The SMILES string of the molecule is CCc1ccc(CN(CC(C)C)C(=O)CC2(CC(=O)O)CC2)cc1. The number of hydrogen-bond acceptors (Lipinski definition) is 2. The van der Waals surface area contributed by atoms with E-state index < -0.39 is 5.97 Å². The van der Waals surface area contributed by atoms with Gasteiger partial charge in [0.25, 0.3) is 0 Å². The summed E-state index contributed by atoms with van der Waals surface area (Å²) < 4.78 is 0. The van der Waals surface area contributed by atoms with E-state index in [1.54, 1.807) is 0 Å². The van der Waals surface area contributed by atoms with Crippen molar-refractivity contribution in [3.8, 4) is 0 Å². The fourth-order valence-corrected chi connectivity index (χ4v) is 3.14. The van der Waals surface area contributed by atoms with E-state index in [0.29, 0.717) is 25.4 Å². The molecule has 4 nitrogen and oxygen atoms in total. The molecule has 0 aromatic heterocycles. The van der Waals surface area contributed by atoms with Gasteiger partial charge in [0, 0.05) is 19.5 Å². The molecular weight excluding hydrogens is 302 g/mol. The van der Waals surface area contributed by atoms with Crippen LogP contribution in [0.5, 0.6) is 0 Å². The van der Waals surface area contributed by atoms with Gasteiger partial charge in [-0.25, -0.2) is 0 Å². The molecule has 0 spiro atoms. The Morgan fingerprint density at radius 2 is 1.71 bits per heavy atom. The largest absolute Gasteiger partial charge is 0.481 e. The maximum absolute atomic E-state index is 12.8. The van der Waals surface area contributed by atoms with Crippen LogP contribution >= 0.6 is 0 Å². The molecule has 0 bridgehead atoms. The number of carboxylic acids is 1. The van der Waals surface area contributed by atoms with Gasteiger partial charge in [-0.3, -0.25) is 9.59 Å². The monoisotopic (exact) mass is 331 g/mol. The normalized spacial score (nSPS) is 15.3. The Balaban J connectivity index is 2.03. The lowest BCUT2D eigenvalue weighted by Gasteiger charge is -2.27. The number of aryl methyl sites for hydroxylation is 1. The molecule has 132 valence electrons. The van der Waals surface area contributed by atoms with E-state index in [-0.39, 0.29) is 17.7 Å². The molecule has 1 aliphatic carbocycles. The summed E-state index contributed by atoms with van der Waals surface area (Å²) in [5.74, 6) is -0.327. The number of carboxylic acid groups (broad SMARTS) is 1. The van der Waals surface area contributed by atoms with Crippen LogP contribution in [0.1, 0.15) is 57.6 Å². The maximum Gasteiger partial charge on any atom is 0.303 e. The number of amides is 1. The molecule has 0 radical (unpaired) electrons. The Labute approximate surface area is 144 Å². The molecule has 4 heteroatoms. The molecule has 0 atom stereocenters. The van der Waals surface area contributed by atoms with Crippen molar-refractivity contribution in [3.63, 3.8) is 0 Å². The molecule has 0 saturated heterocycles. The van der Waals surface area contributed by atoms with Gasteiger partial charge in [-0.1, -0.05) is 45.0 Å². The van der Waals surface area contributed by atoms with Crippen LogP contribution in [-0.2, 0) is 22.6 Å². The summed E-state index contributed by atoms with van der Waals surface area (Å²) in [6, 6.07) is 8.40. The molecule has 0 heterocycles. The summed E-state index contributed by atoms with van der Waals surface area (Å²) in [7, 11) is 0. The van der Waals surface area contributed by atoms with Crippen molar-refractivity contribution in [2.45, 2.75) is 59.4 Å². The Morgan fingerprint density at radius 3 is 2.17 bits per heavy atom. The molecule has 1 aromatic rings. The van der Waals surface area contributed by atoms with Gasteiger partial charge in [0.1, 0.15) is 0 Å². The quantitative estimate of drug-likeness (QED) is 0.747. The molecule has 1 fully saturated rings. The minimum absolute atomic E-state index is 0.0852. The standard InChI is InChI=1S/C20H29NO3/c1-4-16-5-7-17(8-6-16)14-21(13-15(2)3)18(22)11-20(9-10-20)12-19(23)24/h5-8,15H,4,9-14H2,1-3H3,(H,23,24). The topological polar surface area (TPSA) is 57.6 Å². The average molecular weight is 331 g/mol. The van der Waals surface area contributed by atoms with E-state index in [2.05, 4.69) is 45.0 Å². The summed E-state index contributed by atoms with van der Waals surface area (Å²) in [6.07, 6.45) is 3.18. The maximum atomic E-state index is 12.8. The molecule has 1 saturated carbocycles. The van der Waals surface area contributed by atoms with Crippen LogP contribution in [0.4, 0.5) is 0 Å². The Morgan fingerprint density at radius 1 is 1.12 bits per heavy atom. The van der Waals surface area contributed by atoms with Crippen LogP contribution in [0.25, 0.3) is 0 Å². The Bertz CT molecular complexity index is 573. The Hall–Kier alpha value is -1.84. The number of carbonyl (C=O) groups is 2. The van der Waals surface area contributed by atoms with Gasteiger partial charge in [-0.15, -0.1) is 0 Å². The Kier molecular flexibility index (Phi) is 6.03. The van der Waals surface area contributed by atoms with Crippen LogP contribution in [0, 0.1) is 11.3 Å².